The van der Waals surface area contributed by atoms with Crippen molar-refractivity contribution in [2.24, 2.45) is 17.8 Å². The smallest absolute Gasteiger partial charge is 0.269 e. The number of aromatic hydroxyl groups is 1. The van der Waals surface area contributed by atoms with Crippen LogP contribution in [0.5, 0.6) is 11.5 Å². The molecule has 4 aliphatic rings. The lowest BCUT2D eigenvalue weighted by Gasteiger charge is -2.50. The molecule has 0 spiro atoms. The van der Waals surface area contributed by atoms with Gasteiger partial charge in [0, 0.05) is 29.7 Å². The quantitative estimate of drug-likeness (QED) is 0.127. The van der Waals surface area contributed by atoms with E-state index in [0.29, 0.717) is 11.1 Å². The van der Waals surface area contributed by atoms with Gasteiger partial charge in [-0.15, -0.1) is 23.2 Å². The summed E-state index contributed by atoms with van der Waals surface area (Å²) >= 11 is 14.7. The van der Waals surface area contributed by atoms with E-state index in [2.05, 4.69) is 0 Å². The van der Waals surface area contributed by atoms with E-state index in [1.54, 1.807) is 6.08 Å². The summed E-state index contributed by atoms with van der Waals surface area (Å²) in [5, 5.41) is 21.4. The molecule has 0 radical (unpaired) electrons. The number of rotatable bonds is 5. The topological polar surface area (TPSA) is 147 Å². The van der Waals surface area contributed by atoms with Gasteiger partial charge in [-0.3, -0.25) is 34.2 Å². The number of phenolic OH excluding ortho intramolecular Hbond substituents is 1. The van der Waals surface area contributed by atoms with E-state index in [4.69, 9.17) is 27.9 Å². The van der Waals surface area contributed by atoms with Gasteiger partial charge < -0.3 is 9.84 Å². The van der Waals surface area contributed by atoms with Gasteiger partial charge in [-0.1, -0.05) is 17.7 Å². The molecule has 240 valence electrons. The number of phenols is 1. The van der Waals surface area contributed by atoms with E-state index in [-0.39, 0.29) is 41.4 Å². The summed E-state index contributed by atoms with van der Waals surface area (Å²) in [5.74, 6) is -7.34. The molecule has 6 atom stereocenters. The minimum Gasteiger partial charge on any atom is -0.508 e. The van der Waals surface area contributed by atoms with Crippen LogP contribution in [0.3, 0.4) is 0 Å². The molecule has 2 aliphatic carbocycles. The second kappa shape index (κ2) is 10.6. The molecule has 1 saturated carbocycles. The normalized spacial score (nSPS) is 29.7. The van der Waals surface area contributed by atoms with Crippen LogP contribution in [0.2, 0.25) is 0 Å². The van der Waals surface area contributed by atoms with Crippen molar-refractivity contribution in [2.45, 2.75) is 28.5 Å². The lowest BCUT2D eigenvalue weighted by molar-refractivity contribution is -0.384. The van der Waals surface area contributed by atoms with Crippen LogP contribution in [0, 0.1) is 33.7 Å². The fourth-order valence-electron chi connectivity index (χ4n) is 7.66. The number of carbonyl (C=O) groups is 4. The predicted molar refractivity (Wildman–Crippen MR) is 167 cm³/mol. The second-order valence-corrected chi connectivity index (χ2v) is 13.2. The highest BCUT2D eigenvalue weighted by Gasteiger charge is 2.77. The number of alkyl halides is 2. The number of amides is 4. The van der Waals surface area contributed by atoms with Crippen LogP contribution in [0.4, 0.5) is 21.5 Å². The Balaban J connectivity index is 1.39. The van der Waals surface area contributed by atoms with Crippen LogP contribution < -0.4 is 14.5 Å². The average molecular weight is 680 g/mol. The number of methoxy groups -OCH3 is 1. The predicted octanol–water partition coefficient (Wildman–Crippen LogP) is 5.22. The molecule has 11 nitrogen and oxygen atoms in total. The van der Waals surface area contributed by atoms with Crippen LogP contribution in [0.25, 0.3) is 0 Å². The molecular weight excluding hydrogens is 656 g/mol. The number of ether oxygens (including phenoxy) is 1. The molecule has 7 rings (SSSR count). The lowest BCUT2D eigenvalue weighted by Crippen LogP contribution is -2.60. The summed E-state index contributed by atoms with van der Waals surface area (Å²) in [6.07, 6.45) is 1.54. The van der Waals surface area contributed by atoms with Crippen molar-refractivity contribution in [2.75, 3.05) is 16.9 Å². The van der Waals surface area contributed by atoms with Gasteiger partial charge in [0.25, 0.3) is 17.5 Å². The zero-order valence-electron chi connectivity index (χ0n) is 24.4. The summed E-state index contributed by atoms with van der Waals surface area (Å²) in [5.41, 5.74) is 0.778. The van der Waals surface area contributed by atoms with Crippen molar-refractivity contribution in [1.29, 1.82) is 0 Å². The maximum absolute atomic E-state index is 14.4. The van der Waals surface area contributed by atoms with Crippen LogP contribution in [-0.2, 0) is 19.2 Å². The lowest BCUT2D eigenvalue weighted by atomic mass is 9.56. The fraction of sp³-hybridized carbons (Fsp3) is 0.273. The molecule has 6 unspecified atom stereocenters. The molecule has 0 bridgehead atoms. The van der Waals surface area contributed by atoms with E-state index in [1.165, 1.54) is 61.7 Å². The first-order valence-electron chi connectivity index (χ1n) is 14.5. The molecule has 3 aromatic rings. The highest BCUT2D eigenvalue weighted by molar-refractivity contribution is 6.58. The first-order chi connectivity index (χ1) is 22.3. The fourth-order valence-corrected chi connectivity index (χ4v) is 8.59. The summed E-state index contributed by atoms with van der Waals surface area (Å²) in [4.78, 5) is 64.8. The molecule has 14 heteroatoms. The van der Waals surface area contributed by atoms with E-state index in [0.717, 1.165) is 21.9 Å². The Kier molecular flexibility index (Phi) is 6.96. The third-order valence-corrected chi connectivity index (χ3v) is 11.2. The van der Waals surface area contributed by atoms with Crippen molar-refractivity contribution in [3.05, 3.63) is 99.9 Å². The molecule has 47 heavy (non-hydrogen) atoms. The second-order valence-electron chi connectivity index (χ2n) is 12.0. The highest BCUT2D eigenvalue weighted by atomic mass is 35.5. The molecule has 1 N–H and O–H groups in total. The van der Waals surface area contributed by atoms with Crippen molar-refractivity contribution in [3.8, 4) is 11.5 Å². The molecule has 2 saturated heterocycles. The number of imide groups is 2. The minimum absolute atomic E-state index is 0.0403. The summed E-state index contributed by atoms with van der Waals surface area (Å²) in [7, 11) is 1.35. The van der Waals surface area contributed by atoms with Crippen molar-refractivity contribution < 1.29 is 38.3 Å². The van der Waals surface area contributed by atoms with Crippen LogP contribution in [-0.4, -0.2) is 50.5 Å². The van der Waals surface area contributed by atoms with Gasteiger partial charge >= 0.3 is 0 Å². The van der Waals surface area contributed by atoms with Gasteiger partial charge in [0.1, 0.15) is 17.3 Å². The monoisotopic (exact) mass is 679 g/mol. The highest BCUT2D eigenvalue weighted by Crippen LogP contribution is 2.66. The first kappa shape index (κ1) is 30.8. The third-order valence-electron chi connectivity index (χ3n) is 9.74. The molecule has 2 heterocycles. The van der Waals surface area contributed by atoms with Gasteiger partial charge in [0.05, 0.1) is 35.2 Å². The zero-order valence-corrected chi connectivity index (χ0v) is 25.9. The maximum Gasteiger partial charge on any atom is 0.269 e. The number of carbonyl (C=O) groups excluding carboxylic acids is 4. The Morgan fingerprint density at radius 2 is 1.55 bits per heavy atom. The first-order valence-corrected chi connectivity index (χ1v) is 15.3. The number of nitro groups is 1. The van der Waals surface area contributed by atoms with E-state index in [9.17, 15) is 38.8 Å². The van der Waals surface area contributed by atoms with Gasteiger partial charge in [-0.2, -0.15) is 0 Å². The zero-order chi connectivity index (χ0) is 33.6. The van der Waals surface area contributed by atoms with Crippen LogP contribution in [0.15, 0.2) is 78.4 Å². The number of benzene rings is 3. The number of halogens is 3. The van der Waals surface area contributed by atoms with E-state index < -0.39 is 67.8 Å². The Bertz CT molecular complexity index is 1940. The Hall–Kier alpha value is -4.81. The molecule has 4 amide bonds. The minimum atomic E-state index is -2.18. The van der Waals surface area contributed by atoms with Crippen LogP contribution >= 0.6 is 23.2 Å². The maximum atomic E-state index is 14.4. The number of nitro benzene ring substituents is 1. The van der Waals surface area contributed by atoms with Crippen molar-refractivity contribution in [1.82, 2.24) is 0 Å². The van der Waals surface area contributed by atoms with Crippen molar-refractivity contribution in [3.63, 3.8) is 0 Å². The van der Waals surface area contributed by atoms with Gasteiger partial charge in [-0.05, 0) is 61.2 Å². The van der Waals surface area contributed by atoms with E-state index >= 15 is 0 Å². The number of fused-ring (bicyclic) bond motifs is 4. The van der Waals surface area contributed by atoms with E-state index in [1.807, 2.05) is 0 Å². The van der Waals surface area contributed by atoms with Crippen molar-refractivity contribution >= 4 is 63.9 Å². The number of hydrogen-bond acceptors (Lipinski definition) is 8. The number of hydrogen-bond donors (Lipinski definition) is 1. The van der Waals surface area contributed by atoms with Gasteiger partial charge in [0.15, 0.2) is 9.75 Å². The Morgan fingerprint density at radius 3 is 2.19 bits per heavy atom. The average Bonchev–Trinajstić information content (AvgIpc) is 3.39. The molecular formula is C33H24Cl2FN3O8. The number of nitrogens with zero attached hydrogens (tertiary/aromatic N) is 3. The number of anilines is 2. The standard InChI is InChI=1S/C33H24Cl2FN3O8/c1-47-25-14-20(40)10-11-22(25)27-21-12-13-23-26(29(42)37(28(23)41)17-6-8-19(9-7-17)39(45)46)24(21)15-32(34)30(43)38(31(44)33(27,32)35)18-4-2-16(36)3-5-18/h2-12,14,23-24,26-27,40H,13,15H2,1H3. The largest absolute Gasteiger partial charge is 0.508 e. The molecule has 2 aliphatic heterocycles. The Labute approximate surface area is 276 Å². The van der Waals surface area contributed by atoms with Gasteiger partial charge in [-0.25, -0.2) is 9.29 Å². The number of non-ortho nitro benzene ring substituents is 1. The Morgan fingerprint density at radius 1 is 0.915 bits per heavy atom. The number of allylic oxidation sites excluding steroid dienone is 2. The molecule has 0 aromatic heterocycles. The summed E-state index contributed by atoms with van der Waals surface area (Å²) in [6.45, 7) is 0. The van der Waals surface area contributed by atoms with Gasteiger partial charge in [0.2, 0.25) is 11.8 Å². The molecule has 3 aromatic carbocycles. The van der Waals surface area contributed by atoms with Crippen LogP contribution in [0.1, 0.15) is 24.3 Å². The summed E-state index contributed by atoms with van der Waals surface area (Å²) < 4.78 is 19.4. The SMILES string of the molecule is COc1cc(O)ccc1C1C2=CCC3C(=O)N(c4ccc([N+](=O)[O-])cc4)C(=O)C3C2CC2(Cl)C(=O)N(c3ccc(F)cc3)C(=O)C12Cl. The molecule has 3 fully saturated rings. The third kappa shape index (κ3) is 4.17. The summed E-state index contributed by atoms with van der Waals surface area (Å²) in [6, 6.07) is 13.9.